The van der Waals surface area contributed by atoms with Gasteiger partial charge in [-0.15, -0.1) is 0 Å². The average molecular weight is 250 g/mol. The minimum absolute atomic E-state index is 0.261. The standard InChI is InChI=1S/C13H20N4O/c14-13(15)16-9-11-1-3-12(4-2-11)10-17-5-7-18-8-6-17/h1-4H,5-10H2,(H4,14,15,16)/p+2. The Balaban J connectivity index is 1.88. The van der Waals surface area contributed by atoms with Gasteiger partial charge in [0.05, 0.1) is 19.8 Å². The quantitative estimate of drug-likeness (QED) is 0.339. The third-order valence-corrected chi connectivity index (χ3v) is 3.17. The molecule has 0 amide bonds. The molecular formula is C13H22N4O+2. The Labute approximate surface area is 107 Å². The van der Waals surface area contributed by atoms with Crippen molar-refractivity contribution in [2.24, 2.45) is 11.5 Å². The fourth-order valence-electron chi connectivity index (χ4n) is 2.10. The third-order valence-electron chi connectivity index (χ3n) is 3.17. The second-order valence-electron chi connectivity index (χ2n) is 4.66. The SMILES string of the molecule is NC(N)=[NH+]Cc1ccc(C[NH+]2CCOCC2)cc1. The summed E-state index contributed by atoms with van der Waals surface area (Å²) in [5.41, 5.74) is 13.3. The molecule has 0 atom stereocenters. The Bertz CT molecular complexity index is 392. The number of hydrogen-bond donors (Lipinski definition) is 4. The van der Waals surface area contributed by atoms with Crippen LogP contribution in [0.5, 0.6) is 0 Å². The van der Waals surface area contributed by atoms with E-state index >= 15 is 0 Å². The Morgan fingerprint density at radius 2 is 1.72 bits per heavy atom. The summed E-state index contributed by atoms with van der Waals surface area (Å²) in [5, 5.41) is 0. The highest BCUT2D eigenvalue weighted by atomic mass is 16.5. The van der Waals surface area contributed by atoms with Crippen molar-refractivity contribution in [2.75, 3.05) is 26.3 Å². The zero-order chi connectivity index (χ0) is 12.8. The fourth-order valence-corrected chi connectivity index (χ4v) is 2.10. The normalized spacial score (nSPS) is 16.4. The lowest BCUT2D eigenvalue weighted by molar-refractivity contribution is -0.921. The fraction of sp³-hybridized carbons (Fsp3) is 0.462. The molecule has 0 aromatic heterocycles. The van der Waals surface area contributed by atoms with E-state index in [4.69, 9.17) is 16.2 Å². The Morgan fingerprint density at radius 3 is 2.33 bits per heavy atom. The van der Waals surface area contributed by atoms with Crippen LogP contribution in [0.25, 0.3) is 0 Å². The van der Waals surface area contributed by atoms with E-state index in [0.29, 0.717) is 6.54 Å². The van der Waals surface area contributed by atoms with Crippen LogP contribution in [0.4, 0.5) is 0 Å². The van der Waals surface area contributed by atoms with Crippen LogP contribution in [0.3, 0.4) is 0 Å². The number of benzene rings is 1. The molecule has 0 radical (unpaired) electrons. The van der Waals surface area contributed by atoms with Crippen molar-refractivity contribution in [1.29, 1.82) is 0 Å². The molecular weight excluding hydrogens is 228 g/mol. The van der Waals surface area contributed by atoms with Crippen LogP contribution in [0.15, 0.2) is 24.3 Å². The van der Waals surface area contributed by atoms with E-state index in [1.54, 1.807) is 4.90 Å². The van der Waals surface area contributed by atoms with Gasteiger partial charge in [0, 0.05) is 5.56 Å². The van der Waals surface area contributed by atoms with Crippen LogP contribution in [0.2, 0.25) is 0 Å². The first-order chi connectivity index (χ1) is 8.74. The smallest absolute Gasteiger partial charge is 0.339 e. The second kappa shape index (κ2) is 6.37. The van der Waals surface area contributed by atoms with Gasteiger partial charge in [0.15, 0.2) is 0 Å². The first-order valence-electron chi connectivity index (χ1n) is 6.35. The van der Waals surface area contributed by atoms with Gasteiger partial charge in [0.2, 0.25) is 0 Å². The van der Waals surface area contributed by atoms with Crippen molar-refractivity contribution in [2.45, 2.75) is 13.1 Å². The maximum Gasteiger partial charge on any atom is 0.339 e. The second-order valence-corrected chi connectivity index (χ2v) is 4.66. The predicted octanol–water partition coefficient (Wildman–Crippen LogP) is -3.04. The molecule has 6 N–H and O–H groups in total. The van der Waals surface area contributed by atoms with Crippen molar-refractivity contribution in [3.8, 4) is 0 Å². The molecule has 0 unspecified atom stereocenters. The lowest BCUT2D eigenvalue weighted by Gasteiger charge is -2.23. The van der Waals surface area contributed by atoms with E-state index in [2.05, 4.69) is 29.3 Å². The summed E-state index contributed by atoms with van der Waals surface area (Å²) in [7, 11) is 0. The first kappa shape index (κ1) is 12.9. The summed E-state index contributed by atoms with van der Waals surface area (Å²) in [6.45, 7) is 5.70. The van der Waals surface area contributed by atoms with Crippen molar-refractivity contribution >= 4 is 5.96 Å². The van der Waals surface area contributed by atoms with Gasteiger partial charge in [-0.3, -0.25) is 16.5 Å². The Kier molecular flexibility index (Phi) is 4.55. The first-order valence-corrected chi connectivity index (χ1v) is 6.35. The minimum atomic E-state index is 0.261. The summed E-state index contributed by atoms with van der Waals surface area (Å²) in [6.07, 6.45) is 0. The molecule has 5 heteroatoms. The lowest BCUT2D eigenvalue weighted by atomic mass is 10.1. The van der Waals surface area contributed by atoms with E-state index in [1.807, 2.05) is 0 Å². The van der Waals surface area contributed by atoms with Crippen molar-refractivity contribution in [1.82, 2.24) is 0 Å². The molecule has 1 aliphatic heterocycles. The van der Waals surface area contributed by atoms with Gasteiger partial charge in [0.1, 0.15) is 19.6 Å². The van der Waals surface area contributed by atoms with E-state index in [-0.39, 0.29) is 5.96 Å². The topological polar surface area (TPSA) is 79.7 Å². The largest absolute Gasteiger partial charge is 0.370 e. The lowest BCUT2D eigenvalue weighted by Crippen LogP contribution is -3.12. The molecule has 5 nitrogen and oxygen atoms in total. The number of nitrogens with one attached hydrogen (secondary N) is 2. The molecule has 1 fully saturated rings. The van der Waals surface area contributed by atoms with Gasteiger partial charge in [-0.1, -0.05) is 24.3 Å². The predicted molar refractivity (Wildman–Crippen MR) is 69.7 cm³/mol. The summed E-state index contributed by atoms with van der Waals surface area (Å²) >= 11 is 0. The zero-order valence-corrected chi connectivity index (χ0v) is 10.6. The summed E-state index contributed by atoms with van der Waals surface area (Å²) in [6, 6.07) is 8.58. The van der Waals surface area contributed by atoms with E-state index in [1.165, 1.54) is 11.1 Å². The highest BCUT2D eigenvalue weighted by Gasteiger charge is 2.13. The Morgan fingerprint density at radius 1 is 1.11 bits per heavy atom. The number of quaternary nitrogens is 1. The molecule has 1 aliphatic rings. The van der Waals surface area contributed by atoms with Gasteiger partial charge >= 0.3 is 5.96 Å². The van der Waals surface area contributed by atoms with Crippen LogP contribution in [-0.2, 0) is 17.8 Å². The van der Waals surface area contributed by atoms with Crippen LogP contribution in [-0.4, -0.2) is 32.3 Å². The molecule has 2 rings (SSSR count). The van der Waals surface area contributed by atoms with Gasteiger partial charge in [-0.25, -0.2) is 0 Å². The van der Waals surface area contributed by atoms with Crippen molar-refractivity contribution in [3.63, 3.8) is 0 Å². The molecule has 0 bridgehead atoms. The number of rotatable bonds is 4. The highest BCUT2D eigenvalue weighted by molar-refractivity contribution is 5.69. The molecule has 1 aromatic carbocycles. The summed E-state index contributed by atoms with van der Waals surface area (Å²) in [5.74, 6) is 0.261. The van der Waals surface area contributed by atoms with Gasteiger partial charge < -0.3 is 9.64 Å². The number of ether oxygens (including phenoxy) is 1. The van der Waals surface area contributed by atoms with Gasteiger partial charge in [-0.05, 0) is 5.56 Å². The van der Waals surface area contributed by atoms with Crippen LogP contribution >= 0.6 is 0 Å². The number of morpholine rings is 1. The van der Waals surface area contributed by atoms with E-state index in [0.717, 1.165) is 32.8 Å². The van der Waals surface area contributed by atoms with Crippen molar-refractivity contribution < 1.29 is 14.6 Å². The monoisotopic (exact) mass is 250 g/mol. The average Bonchev–Trinajstić information content (AvgIpc) is 2.39. The molecule has 0 spiro atoms. The van der Waals surface area contributed by atoms with Crippen LogP contribution in [0, 0.1) is 0 Å². The maximum absolute atomic E-state index is 5.36. The molecule has 1 aromatic rings. The zero-order valence-electron chi connectivity index (χ0n) is 10.6. The summed E-state index contributed by atoms with van der Waals surface area (Å²) < 4.78 is 5.36. The molecule has 98 valence electrons. The number of hydrogen-bond acceptors (Lipinski definition) is 1. The van der Waals surface area contributed by atoms with Crippen LogP contribution < -0.4 is 21.4 Å². The van der Waals surface area contributed by atoms with Gasteiger partial charge in [0.25, 0.3) is 0 Å². The maximum atomic E-state index is 5.36. The molecule has 1 saturated heterocycles. The van der Waals surface area contributed by atoms with E-state index < -0.39 is 0 Å². The van der Waals surface area contributed by atoms with Gasteiger partial charge in [-0.2, -0.15) is 0 Å². The van der Waals surface area contributed by atoms with E-state index in [9.17, 15) is 0 Å². The summed E-state index contributed by atoms with van der Waals surface area (Å²) in [4.78, 5) is 4.50. The molecule has 0 aliphatic carbocycles. The van der Waals surface area contributed by atoms with Crippen molar-refractivity contribution in [3.05, 3.63) is 35.4 Å². The molecule has 0 saturated carbocycles. The van der Waals surface area contributed by atoms with Crippen LogP contribution in [0.1, 0.15) is 11.1 Å². The minimum Gasteiger partial charge on any atom is -0.370 e. The number of nitrogens with two attached hydrogens (primary N) is 2. The Hall–Kier alpha value is -1.59. The highest BCUT2D eigenvalue weighted by Crippen LogP contribution is 2.02. The molecule has 18 heavy (non-hydrogen) atoms. The third kappa shape index (κ3) is 4.01. The molecule has 1 heterocycles. The number of guanidine groups is 1.